The van der Waals surface area contributed by atoms with Crippen molar-refractivity contribution in [1.29, 1.82) is 0 Å². The Morgan fingerprint density at radius 1 is 0.525 bits per heavy atom. The first-order valence-electron chi connectivity index (χ1n) is 17.4. The highest BCUT2D eigenvalue weighted by molar-refractivity contribution is 5.90. The second kappa shape index (κ2) is 25.7. The van der Waals surface area contributed by atoms with Crippen LogP contribution in [0.3, 0.4) is 0 Å². The maximum atomic E-state index is 12.6. The van der Waals surface area contributed by atoms with Crippen LogP contribution in [0, 0.1) is 0 Å². The van der Waals surface area contributed by atoms with Crippen LogP contribution in [-0.2, 0) is 9.59 Å². The summed E-state index contributed by atoms with van der Waals surface area (Å²) < 4.78 is 0.356. The molecule has 0 aliphatic rings. The summed E-state index contributed by atoms with van der Waals surface area (Å²) >= 11 is 0. The molecule has 0 aliphatic carbocycles. The van der Waals surface area contributed by atoms with Gasteiger partial charge in [-0.05, 0) is 6.42 Å². The van der Waals surface area contributed by atoms with Crippen LogP contribution >= 0.6 is 0 Å². The summed E-state index contributed by atoms with van der Waals surface area (Å²) in [6.07, 6.45) is 33.3. The first-order chi connectivity index (χ1) is 19.1. The van der Waals surface area contributed by atoms with E-state index in [9.17, 15) is 14.7 Å². The third-order valence-corrected chi connectivity index (χ3v) is 8.21. The Morgan fingerprint density at radius 3 is 1.05 bits per heavy atom. The van der Waals surface area contributed by atoms with Gasteiger partial charge in [0, 0.05) is 6.42 Å². The molecule has 5 heteroatoms. The molecule has 238 valence electrons. The summed E-state index contributed by atoms with van der Waals surface area (Å²) in [4.78, 5) is 23.8. The quantitative estimate of drug-likeness (QED) is 0.0645. The van der Waals surface area contributed by atoms with Gasteiger partial charge in [-0.2, -0.15) is 0 Å². The number of Topliss-reactive ketones (excluding diaryl/α,β-unsaturated/α-hetero) is 1. The molecule has 1 unspecified atom stereocenters. The second-order valence-electron chi connectivity index (χ2n) is 13.7. The fraction of sp³-hybridized carbons (Fsp3) is 0.943. The van der Waals surface area contributed by atoms with Crippen LogP contribution in [0.25, 0.3) is 0 Å². The zero-order chi connectivity index (χ0) is 30.0. The van der Waals surface area contributed by atoms with Crippen molar-refractivity contribution in [3.63, 3.8) is 0 Å². The highest BCUT2D eigenvalue weighted by Gasteiger charge is 2.42. The van der Waals surface area contributed by atoms with Gasteiger partial charge in [0.1, 0.15) is 6.54 Å². The minimum absolute atomic E-state index is 0.123. The van der Waals surface area contributed by atoms with Crippen molar-refractivity contribution in [1.82, 2.24) is 0 Å². The predicted molar refractivity (Wildman–Crippen MR) is 171 cm³/mol. The minimum Gasteiger partial charge on any atom is -0.481 e. The standard InChI is InChI=1S/C35H69NO4/c1-5-6-7-8-9-10-11-12-13-14-15-16-17-18-19-20-21-22-23-24-25-26-27-28-29-30-33(37)35(40,31-34(38)39)32-36(2,3)4/h40H,5-32H2,1-4H3/p+1. The number of carboxylic acids is 1. The maximum Gasteiger partial charge on any atom is 0.306 e. The van der Waals surface area contributed by atoms with E-state index in [0.29, 0.717) is 4.48 Å². The van der Waals surface area contributed by atoms with Gasteiger partial charge in [-0.25, -0.2) is 0 Å². The highest BCUT2D eigenvalue weighted by Crippen LogP contribution is 2.21. The van der Waals surface area contributed by atoms with E-state index in [1.165, 1.54) is 141 Å². The number of likely N-dealkylation sites (N-methyl/N-ethyl adjacent to an activating group) is 1. The topological polar surface area (TPSA) is 74.6 Å². The third-order valence-electron chi connectivity index (χ3n) is 8.21. The van der Waals surface area contributed by atoms with E-state index in [-0.39, 0.29) is 18.7 Å². The number of aliphatic carboxylic acids is 1. The fourth-order valence-corrected chi connectivity index (χ4v) is 5.93. The number of carboxylic acid groups (broad SMARTS) is 1. The Labute approximate surface area is 249 Å². The molecule has 0 bridgehead atoms. The lowest BCUT2D eigenvalue weighted by atomic mass is 9.89. The van der Waals surface area contributed by atoms with E-state index >= 15 is 0 Å². The zero-order valence-corrected chi connectivity index (χ0v) is 27.5. The number of hydrogen-bond donors (Lipinski definition) is 2. The molecule has 0 aromatic carbocycles. The van der Waals surface area contributed by atoms with Gasteiger partial charge in [0.05, 0.1) is 27.6 Å². The van der Waals surface area contributed by atoms with Crippen molar-refractivity contribution in [2.75, 3.05) is 27.7 Å². The normalized spacial score (nSPS) is 13.4. The highest BCUT2D eigenvalue weighted by atomic mass is 16.4. The number of aliphatic hydroxyl groups is 1. The Bertz CT molecular complexity index is 601. The Morgan fingerprint density at radius 2 is 0.800 bits per heavy atom. The monoisotopic (exact) mass is 569 g/mol. The van der Waals surface area contributed by atoms with E-state index in [0.717, 1.165) is 19.3 Å². The molecular formula is C35H70NO4+. The molecule has 0 aromatic heterocycles. The smallest absolute Gasteiger partial charge is 0.306 e. The number of carbonyl (C=O) groups excluding carboxylic acids is 1. The van der Waals surface area contributed by atoms with Gasteiger partial charge in [-0.1, -0.05) is 161 Å². The van der Waals surface area contributed by atoms with Crippen LogP contribution in [0.15, 0.2) is 0 Å². The number of hydrogen-bond acceptors (Lipinski definition) is 3. The van der Waals surface area contributed by atoms with Crippen LogP contribution < -0.4 is 0 Å². The van der Waals surface area contributed by atoms with Crippen molar-refractivity contribution >= 4 is 11.8 Å². The van der Waals surface area contributed by atoms with Crippen LogP contribution in [-0.4, -0.2) is 59.7 Å². The Kier molecular flexibility index (Phi) is 25.1. The molecule has 2 N–H and O–H groups in total. The summed E-state index contributed by atoms with van der Waals surface area (Å²) in [5, 5.41) is 19.9. The first-order valence-corrected chi connectivity index (χ1v) is 17.4. The average Bonchev–Trinajstić information content (AvgIpc) is 2.87. The zero-order valence-electron chi connectivity index (χ0n) is 27.5. The van der Waals surface area contributed by atoms with Crippen molar-refractivity contribution < 1.29 is 24.3 Å². The lowest BCUT2D eigenvalue weighted by Crippen LogP contribution is -2.54. The number of nitrogens with zero attached hydrogens (tertiary/aromatic N) is 1. The molecule has 5 nitrogen and oxygen atoms in total. The van der Waals surface area contributed by atoms with Gasteiger partial charge in [0.2, 0.25) is 0 Å². The molecule has 0 saturated carbocycles. The van der Waals surface area contributed by atoms with E-state index in [1.807, 2.05) is 21.1 Å². The molecule has 40 heavy (non-hydrogen) atoms. The molecule has 0 fully saturated rings. The third kappa shape index (κ3) is 26.0. The molecule has 0 radical (unpaired) electrons. The van der Waals surface area contributed by atoms with Gasteiger partial charge in [0.25, 0.3) is 0 Å². The fourth-order valence-electron chi connectivity index (χ4n) is 5.93. The van der Waals surface area contributed by atoms with Gasteiger partial charge in [0.15, 0.2) is 11.4 Å². The van der Waals surface area contributed by atoms with Crippen LogP contribution in [0.5, 0.6) is 0 Å². The molecule has 0 heterocycles. The largest absolute Gasteiger partial charge is 0.481 e. The number of unbranched alkanes of at least 4 members (excludes halogenated alkanes) is 24. The van der Waals surface area contributed by atoms with Crippen molar-refractivity contribution in [3.8, 4) is 0 Å². The van der Waals surface area contributed by atoms with E-state index in [4.69, 9.17) is 5.11 Å². The van der Waals surface area contributed by atoms with Crippen LogP contribution in [0.2, 0.25) is 0 Å². The summed E-state index contributed by atoms with van der Waals surface area (Å²) in [6, 6.07) is 0. The van der Waals surface area contributed by atoms with Crippen LogP contribution in [0.4, 0.5) is 0 Å². The molecule has 0 amide bonds. The lowest BCUT2D eigenvalue weighted by molar-refractivity contribution is -0.875. The van der Waals surface area contributed by atoms with Crippen LogP contribution in [0.1, 0.15) is 180 Å². The number of ketones is 1. The molecule has 0 aliphatic heterocycles. The lowest BCUT2D eigenvalue weighted by Gasteiger charge is -2.33. The predicted octanol–water partition coefficient (Wildman–Crippen LogP) is 9.63. The number of quaternary nitrogens is 1. The number of carbonyl (C=O) groups is 2. The van der Waals surface area contributed by atoms with Gasteiger partial charge in [-0.15, -0.1) is 0 Å². The van der Waals surface area contributed by atoms with E-state index < -0.39 is 18.0 Å². The summed E-state index contributed by atoms with van der Waals surface area (Å²) in [6.45, 7) is 2.41. The van der Waals surface area contributed by atoms with E-state index in [2.05, 4.69) is 6.92 Å². The van der Waals surface area contributed by atoms with Crippen molar-refractivity contribution in [2.45, 2.75) is 186 Å². The summed E-state index contributed by atoms with van der Waals surface area (Å²) in [5.74, 6) is -1.45. The number of rotatable bonds is 31. The second-order valence-corrected chi connectivity index (χ2v) is 13.7. The van der Waals surface area contributed by atoms with Crippen molar-refractivity contribution in [3.05, 3.63) is 0 Å². The molecule has 0 rings (SSSR count). The molecule has 0 saturated heterocycles. The maximum absolute atomic E-state index is 12.6. The Balaban J connectivity index is 3.44. The first kappa shape index (κ1) is 39.1. The van der Waals surface area contributed by atoms with Gasteiger partial charge in [-0.3, -0.25) is 9.59 Å². The van der Waals surface area contributed by atoms with Crippen molar-refractivity contribution in [2.24, 2.45) is 0 Å². The summed E-state index contributed by atoms with van der Waals surface area (Å²) in [5.41, 5.74) is -1.77. The van der Waals surface area contributed by atoms with E-state index in [1.54, 1.807) is 0 Å². The molecule has 1 atom stereocenters. The summed E-state index contributed by atoms with van der Waals surface area (Å²) in [7, 11) is 5.59. The van der Waals surface area contributed by atoms with Gasteiger partial charge < -0.3 is 14.7 Å². The SMILES string of the molecule is CCCCCCCCCCCCCCCCCCCCCCCCCCCC(=O)C(O)(CC(=O)O)C[N+](C)(C)C. The minimum atomic E-state index is -1.77. The average molecular weight is 569 g/mol. The molecule has 0 spiro atoms. The van der Waals surface area contributed by atoms with Gasteiger partial charge >= 0.3 is 5.97 Å². The molecule has 0 aromatic rings. The Hall–Kier alpha value is -0.940. The molecular weight excluding hydrogens is 498 g/mol.